The highest BCUT2D eigenvalue weighted by Gasteiger charge is 2.25. The summed E-state index contributed by atoms with van der Waals surface area (Å²) in [7, 11) is 0. The molecule has 0 saturated heterocycles. The van der Waals surface area contributed by atoms with E-state index < -0.39 is 23.3 Å². The zero-order chi connectivity index (χ0) is 32.8. The van der Waals surface area contributed by atoms with Crippen LogP contribution >= 0.6 is 0 Å². The summed E-state index contributed by atoms with van der Waals surface area (Å²) in [6.45, 7) is 24.0. The van der Waals surface area contributed by atoms with Crippen LogP contribution in [0.4, 0.5) is 9.59 Å². The van der Waals surface area contributed by atoms with E-state index in [0.717, 1.165) is 52.7 Å². The van der Waals surface area contributed by atoms with E-state index in [1.54, 1.807) is 0 Å². The van der Waals surface area contributed by atoms with E-state index in [-0.39, 0.29) is 19.1 Å². The number of amides is 2. The zero-order valence-electron chi connectivity index (χ0n) is 27.4. The molecule has 6 heteroatoms. The molecule has 0 aromatic heterocycles. The molecule has 1 atom stereocenters. The Morgan fingerprint density at radius 1 is 0.773 bits per heavy atom. The van der Waals surface area contributed by atoms with Crippen molar-refractivity contribution in [2.75, 3.05) is 13.2 Å². The Kier molecular flexibility index (Phi) is 13.9. The average molecular weight is 599 g/mol. The first kappa shape index (κ1) is 35.9. The van der Waals surface area contributed by atoms with E-state index >= 15 is 0 Å². The van der Waals surface area contributed by atoms with Gasteiger partial charge < -0.3 is 20.1 Å². The summed E-state index contributed by atoms with van der Waals surface area (Å²) in [6, 6.07) is 16.0. The fourth-order valence-electron chi connectivity index (χ4n) is 4.49. The van der Waals surface area contributed by atoms with E-state index in [1.165, 1.54) is 0 Å². The molecular formula is C38H50N2O4. The highest BCUT2D eigenvalue weighted by molar-refractivity contribution is 5.70. The second-order valence-electron chi connectivity index (χ2n) is 12.2. The molecule has 0 bridgehead atoms. The van der Waals surface area contributed by atoms with E-state index in [9.17, 15) is 9.59 Å². The number of hydrogen-bond acceptors (Lipinski definition) is 4. The lowest BCUT2D eigenvalue weighted by Crippen LogP contribution is -2.41. The predicted octanol–water partition coefficient (Wildman–Crippen LogP) is 9.46. The molecule has 2 aromatic rings. The molecule has 0 saturated carbocycles. The summed E-state index contributed by atoms with van der Waals surface area (Å²) >= 11 is 0. The zero-order valence-corrected chi connectivity index (χ0v) is 27.4. The maximum Gasteiger partial charge on any atom is 0.408 e. The predicted molar refractivity (Wildman–Crippen MR) is 183 cm³/mol. The second kappa shape index (κ2) is 17.1. The van der Waals surface area contributed by atoms with Crippen molar-refractivity contribution < 1.29 is 19.1 Å². The highest BCUT2D eigenvalue weighted by Crippen LogP contribution is 2.25. The van der Waals surface area contributed by atoms with Gasteiger partial charge in [0.1, 0.15) is 13.2 Å². The molecule has 1 unspecified atom stereocenters. The lowest BCUT2D eigenvalue weighted by molar-refractivity contribution is 0.146. The Hall–Kier alpha value is -4.32. The second-order valence-corrected chi connectivity index (χ2v) is 12.2. The first-order chi connectivity index (χ1) is 20.7. The van der Waals surface area contributed by atoms with Crippen LogP contribution < -0.4 is 10.6 Å². The number of allylic oxidation sites excluding steroid dienone is 5. The molecule has 0 aliphatic rings. The van der Waals surface area contributed by atoms with Gasteiger partial charge in [-0.15, -0.1) is 6.58 Å². The summed E-state index contributed by atoms with van der Waals surface area (Å²) in [5, 5.41) is 5.88. The molecular weight excluding hydrogens is 548 g/mol. The summed E-state index contributed by atoms with van der Waals surface area (Å²) in [4.78, 5) is 24.8. The van der Waals surface area contributed by atoms with Crippen molar-refractivity contribution in [3.05, 3.63) is 121 Å². The Morgan fingerprint density at radius 2 is 1.23 bits per heavy atom. The van der Waals surface area contributed by atoms with Gasteiger partial charge in [-0.2, -0.15) is 0 Å². The van der Waals surface area contributed by atoms with Gasteiger partial charge in [0.2, 0.25) is 0 Å². The van der Waals surface area contributed by atoms with Gasteiger partial charge in [-0.1, -0.05) is 91.1 Å². The highest BCUT2D eigenvalue weighted by atomic mass is 16.6. The lowest BCUT2D eigenvalue weighted by atomic mass is 9.92. The van der Waals surface area contributed by atoms with Crippen molar-refractivity contribution >= 4 is 23.3 Å². The summed E-state index contributed by atoms with van der Waals surface area (Å²) in [5.74, 6) is 0.282. The van der Waals surface area contributed by atoms with E-state index in [1.807, 2.05) is 120 Å². The van der Waals surface area contributed by atoms with E-state index in [4.69, 9.17) is 9.47 Å². The molecule has 0 heterocycles. The largest absolute Gasteiger partial charge is 0.445 e. The Morgan fingerprint density at radius 3 is 1.66 bits per heavy atom. The Labute approximate surface area is 264 Å². The molecule has 0 aliphatic carbocycles. The van der Waals surface area contributed by atoms with Gasteiger partial charge >= 0.3 is 12.2 Å². The SMILES string of the molecule is C=CC(CC=CCOC(=O)NC(C)(C)c1cccc(C(=C)C)c1)CCC=CCOC(=O)NC(C)(C)c1cccc(C(=C)C)c1. The van der Waals surface area contributed by atoms with Gasteiger partial charge in [-0.3, -0.25) is 0 Å². The Bertz CT molecular complexity index is 1370. The quantitative estimate of drug-likeness (QED) is 0.189. The average Bonchev–Trinajstić information content (AvgIpc) is 2.97. The van der Waals surface area contributed by atoms with Gasteiger partial charge in [0.25, 0.3) is 0 Å². The number of benzene rings is 2. The van der Waals surface area contributed by atoms with Crippen molar-refractivity contribution in [1.82, 2.24) is 10.6 Å². The number of nitrogens with one attached hydrogen (secondary N) is 2. The monoisotopic (exact) mass is 598 g/mol. The standard InChI is InChI=1S/C38H50N2O4/c1-10-30(19-13-15-25-44-36(42)40-38(8,9)34-23-17-21-32(27-34)29(4)5)18-12-11-14-24-43-35(41)39-37(6,7)33-22-16-20-31(26-33)28(2)3/h10-11,13-17,20-23,26-27,30H,1-2,4,12,18-19,24-25H2,3,5-9H3,(H,39,41)(H,40,42). The minimum absolute atomic E-state index is 0.188. The van der Waals surface area contributed by atoms with Crippen LogP contribution in [0.2, 0.25) is 0 Å². The number of carbonyl (C=O) groups is 2. The first-order valence-electron chi connectivity index (χ1n) is 15.1. The van der Waals surface area contributed by atoms with Crippen molar-refractivity contribution in [1.29, 1.82) is 0 Å². The van der Waals surface area contributed by atoms with Gasteiger partial charge in [0.15, 0.2) is 0 Å². The van der Waals surface area contributed by atoms with Crippen molar-refractivity contribution in [2.24, 2.45) is 5.92 Å². The van der Waals surface area contributed by atoms with Crippen molar-refractivity contribution in [3.63, 3.8) is 0 Å². The molecule has 44 heavy (non-hydrogen) atoms. The number of alkyl carbamates (subject to hydrolysis) is 2. The van der Waals surface area contributed by atoms with E-state index in [2.05, 4.69) is 30.4 Å². The summed E-state index contributed by atoms with van der Waals surface area (Å²) in [5.41, 5.74) is 4.82. The van der Waals surface area contributed by atoms with Crippen LogP contribution in [0, 0.1) is 5.92 Å². The minimum atomic E-state index is -0.587. The van der Waals surface area contributed by atoms with Gasteiger partial charge in [-0.25, -0.2) is 9.59 Å². The number of hydrogen-bond donors (Lipinski definition) is 2. The fraction of sp³-hybridized carbons (Fsp3) is 0.368. The van der Waals surface area contributed by atoms with Crippen molar-refractivity contribution in [2.45, 2.75) is 71.9 Å². The molecule has 0 fully saturated rings. The topological polar surface area (TPSA) is 76.7 Å². The van der Waals surface area contributed by atoms with Crippen molar-refractivity contribution in [3.8, 4) is 0 Å². The molecule has 2 aromatic carbocycles. The van der Waals surface area contributed by atoms with Crippen LogP contribution in [-0.2, 0) is 20.6 Å². The van der Waals surface area contributed by atoms with Crippen LogP contribution in [0.15, 0.2) is 98.6 Å². The fourth-order valence-corrected chi connectivity index (χ4v) is 4.49. The molecule has 0 spiro atoms. The lowest BCUT2D eigenvalue weighted by Gasteiger charge is -2.27. The molecule has 0 radical (unpaired) electrons. The van der Waals surface area contributed by atoms with Gasteiger partial charge in [-0.05, 0) is 101 Å². The molecule has 236 valence electrons. The molecule has 2 rings (SSSR count). The molecule has 2 N–H and O–H groups in total. The third kappa shape index (κ3) is 12.1. The third-order valence-corrected chi connectivity index (χ3v) is 7.41. The maximum atomic E-state index is 12.4. The van der Waals surface area contributed by atoms with Crippen LogP contribution in [0.25, 0.3) is 11.1 Å². The number of ether oxygens (including phenoxy) is 2. The smallest absolute Gasteiger partial charge is 0.408 e. The van der Waals surface area contributed by atoms with Gasteiger partial charge in [0.05, 0.1) is 11.1 Å². The third-order valence-electron chi connectivity index (χ3n) is 7.41. The summed E-state index contributed by atoms with van der Waals surface area (Å²) < 4.78 is 10.7. The molecule has 0 aliphatic heterocycles. The number of rotatable bonds is 16. The maximum absolute atomic E-state index is 12.4. The van der Waals surface area contributed by atoms with E-state index in [0.29, 0.717) is 0 Å². The Balaban J connectivity index is 1.67. The summed E-state index contributed by atoms with van der Waals surface area (Å²) in [6.07, 6.45) is 11.2. The molecule has 2 amide bonds. The first-order valence-corrected chi connectivity index (χ1v) is 15.1. The molecule has 6 nitrogen and oxygen atoms in total. The van der Waals surface area contributed by atoms with Gasteiger partial charge in [0, 0.05) is 0 Å². The number of carbonyl (C=O) groups excluding carboxylic acids is 2. The van der Waals surface area contributed by atoms with Crippen LogP contribution in [0.5, 0.6) is 0 Å². The van der Waals surface area contributed by atoms with Crippen LogP contribution in [0.1, 0.15) is 83.1 Å². The minimum Gasteiger partial charge on any atom is -0.445 e. The van der Waals surface area contributed by atoms with Crippen LogP contribution in [0.3, 0.4) is 0 Å². The normalized spacial score (nSPS) is 12.5. The van der Waals surface area contributed by atoms with Crippen LogP contribution in [-0.4, -0.2) is 25.4 Å².